The number of thiophene rings is 1. The molecule has 27 heavy (non-hydrogen) atoms. The van der Waals surface area contributed by atoms with Gasteiger partial charge in [0.15, 0.2) is 0 Å². The molecule has 140 valence electrons. The van der Waals surface area contributed by atoms with Crippen molar-refractivity contribution in [2.75, 3.05) is 13.2 Å². The van der Waals surface area contributed by atoms with E-state index in [1.54, 1.807) is 4.90 Å². The van der Waals surface area contributed by atoms with Crippen LogP contribution in [0.1, 0.15) is 33.6 Å². The Morgan fingerprint density at radius 1 is 1.33 bits per heavy atom. The summed E-state index contributed by atoms with van der Waals surface area (Å²) in [4.78, 5) is 31.0. The van der Waals surface area contributed by atoms with Crippen LogP contribution in [0.2, 0.25) is 0 Å². The van der Waals surface area contributed by atoms with Crippen LogP contribution in [0.15, 0.2) is 46.6 Å². The highest BCUT2D eigenvalue weighted by Gasteiger charge is 2.25. The normalized spacial score (nSPS) is 16.7. The van der Waals surface area contributed by atoms with E-state index in [0.717, 1.165) is 35.9 Å². The van der Waals surface area contributed by atoms with E-state index in [2.05, 4.69) is 4.98 Å². The molecule has 3 aromatic rings. The molecule has 1 atom stereocenters. The maximum absolute atomic E-state index is 13.0. The monoisotopic (exact) mass is 382 g/mol. The van der Waals surface area contributed by atoms with E-state index < -0.39 is 0 Å². The van der Waals surface area contributed by atoms with Crippen LogP contribution in [-0.2, 0) is 11.3 Å². The summed E-state index contributed by atoms with van der Waals surface area (Å²) in [5.74, 6) is -0.0519. The van der Waals surface area contributed by atoms with Crippen molar-refractivity contribution < 1.29 is 9.53 Å². The molecule has 0 aliphatic carbocycles. The van der Waals surface area contributed by atoms with Crippen LogP contribution in [-0.4, -0.2) is 35.0 Å². The van der Waals surface area contributed by atoms with Crippen molar-refractivity contribution in [2.45, 2.75) is 32.4 Å². The van der Waals surface area contributed by atoms with E-state index in [-0.39, 0.29) is 24.1 Å². The summed E-state index contributed by atoms with van der Waals surface area (Å²) in [7, 11) is 0. The largest absolute Gasteiger partial charge is 0.376 e. The number of nitrogens with zero attached hydrogens (tertiary/aromatic N) is 1. The number of carbonyl (C=O) groups is 1. The number of rotatable bonds is 5. The van der Waals surface area contributed by atoms with Crippen molar-refractivity contribution in [2.24, 2.45) is 0 Å². The van der Waals surface area contributed by atoms with Gasteiger partial charge in [-0.05, 0) is 54.3 Å². The summed E-state index contributed by atoms with van der Waals surface area (Å²) < 4.78 is 5.73. The number of carbonyl (C=O) groups excluding carboxylic acids is 1. The first-order valence-corrected chi connectivity index (χ1v) is 10.0. The molecule has 4 rings (SSSR count). The number of nitrogens with one attached hydrogen (secondary N) is 1. The summed E-state index contributed by atoms with van der Waals surface area (Å²) in [5, 5.41) is 2.86. The Hall–Kier alpha value is -2.44. The molecule has 5 nitrogen and oxygen atoms in total. The Balaban J connectivity index is 1.65. The number of hydrogen-bond donors (Lipinski definition) is 1. The number of fused-ring (bicyclic) bond motifs is 1. The van der Waals surface area contributed by atoms with Crippen molar-refractivity contribution in [3.8, 4) is 0 Å². The first-order valence-electron chi connectivity index (χ1n) is 9.17. The molecule has 1 saturated heterocycles. The van der Waals surface area contributed by atoms with Crippen LogP contribution in [0.25, 0.3) is 10.9 Å². The average molecular weight is 382 g/mol. The predicted octanol–water partition coefficient (Wildman–Crippen LogP) is 3.72. The zero-order valence-electron chi connectivity index (χ0n) is 15.2. The van der Waals surface area contributed by atoms with Gasteiger partial charge in [-0.1, -0.05) is 18.2 Å². The zero-order chi connectivity index (χ0) is 18.8. The van der Waals surface area contributed by atoms with Crippen molar-refractivity contribution in [1.29, 1.82) is 0 Å². The third kappa shape index (κ3) is 3.96. The molecule has 1 fully saturated rings. The van der Waals surface area contributed by atoms with E-state index in [9.17, 15) is 9.59 Å². The molecular formula is C21H22N2O3S. The lowest BCUT2D eigenvalue weighted by Gasteiger charge is -2.25. The second kappa shape index (κ2) is 7.66. The van der Waals surface area contributed by atoms with Gasteiger partial charge in [-0.25, -0.2) is 0 Å². The fourth-order valence-electron chi connectivity index (χ4n) is 3.49. The van der Waals surface area contributed by atoms with Crippen molar-refractivity contribution in [1.82, 2.24) is 9.88 Å². The summed E-state index contributed by atoms with van der Waals surface area (Å²) >= 11 is 1.42. The molecule has 0 saturated carbocycles. The number of benzene rings is 1. The van der Waals surface area contributed by atoms with Crippen LogP contribution in [0.3, 0.4) is 0 Å². The highest BCUT2D eigenvalue weighted by molar-refractivity contribution is 7.12. The van der Waals surface area contributed by atoms with Gasteiger partial charge in [0.05, 0.1) is 17.5 Å². The molecule has 1 amide bonds. The third-order valence-electron chi connectivity index (χ3n) is 4.91. The number of ether oxygens (including phenoxy) is 1. The van der Waals surface area contributed by atoms with E-state index in [1.807, 2.05) is 48.7 Å². The SMILES string of the molecule is Cc1ccc2cc(CN(C[C@H]3CCCO3)C(=O)c3cccs3)c(=O)[nH]c2c1. The Labute approximate surface area is 161 Å². The maximum Gasteiger partial charge on any atom is 0.264 e. The van der Waals surface area contributed by atoms with Gasteiger partial charge in [0.2, 0.25) is 0 Å². The Bertz CT molecular complexity index is 1000. The number of aromatic nitrogens is 1. The fraction of sp³-hybridized carbons (Fsp3) is 0.333. The van der Waals surface area contributed by atoms with Gasteiger partial charge in [0.25, 0.3) is 11.5 Å². The molecule has 0 radical (unpaired) electrons. The van der Waals surface area contributed by atoms with E-state index in [1.165, 1.54) is 11.3 Å². The fourth-order valence-corrected chi connectivity index (χ4v) is 4.18. The smallest absolute Gasteiger partial charge is 0.264 e. The topological polar surface area (TPSA) is 62.4 Å². The van der Waals surface area contributed by atoms with Gasteiger partial charge >= 0.3 is 0 Å². The van der Waals surface area contributed by atoms with Crippen LogP contribution in [0.5, 0.6) is 0 Å². The number of pyridine rings is 1. The Kier molecular flexibility index (Phi) is 5.09. The van der Waals surface area contributed by atoms with Crippen LogP contribution in [0, 0.1) is 6.92 Å². The first kappa shape index (κ1) is 17.9. The molecule has 0 spiro atoms. The molecule has 1 aromatic carbocycles. The second-order valence-corrected chi connectivity index (χ2v) is 7.96. The van der Waals surface area contributed by atoms with Crippen LogP contribution in [0.4, 0.5) is 0 Å². The van der Waals surface area contributed by atoms with Gasteiger partial charge in [-0.2, -0.15) is 0 Å². The lowest BCUT2D eigenvalue weighted by atomic mass is 10.1. The molecule has 1 aliphatic heterocycles. The Morgan fingerprint density at radius 2 is 2.22 bits per heavy atom. The minimum Gasteiger partial charge on any atom is -0.376 e. The summed E-state index contributed by atoms with van der Waals surface area (Å²) in [6.45, 7) is 3.51. The average Bonchev–Trinajstić information content (AvgIpc) is 3.35. The molecule has 3 heterocycles. The summed E-state index contributed by atoms with van der Waals surface area (Å²) in [6.07, 6.45) is 2.00. The molecule has 0 unspecified atom stereocenters. The number of H-pyrrole nitrogens is 1. The van der Waals surface area contributed by atoms with Gasteiger partial charge in [-0.3, -0.25) is 9.59 Å². The predicted molar refractivity (Wildman–Crippen MR) is 107 cm³/mol. The maximum atomic E-state index is 13.0. The highest BCUT2D eigenvalue weighted by atomic mass is 32.1. The van der Waals surface area contributed by atoms with Crippen molar-refractivity contribution >= 4 is 28.1 Å². The van der Waals surface area contributed by atoms with Gasteiger partial charge in [0, 0.05) is 24.2 Å². The van der Waals surface area contributed by atoms with Crippen molar-refractivity contribution in [3.05, 3.63) is 68.1 Å². The summed E-state index contributed by atoms with van der Waals surface area (Å²) in [6, 6.07) is 11.6. The molecular weight excluding hydrogens is 360 g/mol. The Morgan fingerprint density at radius 3 is 2.96 bits per heavy atom. The minimum atomic E-state index is -0.149. The van der Waals surface area contributed by atoms with Crippen LogP contribution < -0.4 is 5.56 Å². The van der Waals surface area contributed by atoms with Gasteiger partial charge < -0.3 is 14.6 Å². The van der Waals surface area contributed by atoms with Crippen molar-refractivity contribution in [3.63, 3.8) is 0 Å². The van der Waals surface area contributed by atoms with E-state index in [4.69, 9.17) is 4.74 Å². The molecule has 2 aromatic heterocycles. The minimum absolute atomic E-state index is 0.0381. The van der Waals surface area contributed by atoms with Gasteiger partial charge in [-0.15, -0.1) is 11.3 Å². The van der Waals surface area contributed by atoms with Crippen LogP contribution >= 0.6 is 11.3 Å². The molecule has 1 aliphatic rings. The lowest BCUT2D eigenvalue weighted by molar-refractivity contribution is 0.0510. The van der Waals surface area contributed by atoms with E-state index >= 15 is 0 Å². The molecule has 0 bridgehead atoms. The highest BCUT2D eigenvalue weighted by Crippen LogP contribution is 2.20. The number of hydrogen-bond acceptors (Lipinski definition) is 4. The number of aromatic amines is 1. The van der Waals surface area contributed by atoms with E-state index in [0.29, 0.717) is 17.0 Å². The molecule has 6 heteroatoms. The third-order valence-corrected chi connectivity index (χ3v) is 5.76. The van der Waals surface area contributed by atoms with Gasteiger partial charge in [0.1, 0.15) is 0 Å². The second-order valence-electron chi connectivity index (χ2n) is 7.01. The lowest BCUT2D eigenvalue weighted by Crippen LogP contribution is -2.38. The molecule has 1 N–H and O–H groups in total. The standard InChI is InChI=1S/C21H22N2O3S/c1-14-6-7-15-11-16(20(24)22-18(15)10-14)12-23(13-17-4-2-8-26-17)21(25)19-5-3-9-27-19/h3,5-7,9-11,17H,2,4,8,12-13H2,1H3,(H,22,24)/t17-/m1/s1. The summed E-state index contributed by atoms with van der Waals surface area (Å²) in [5.41, 5.74) is 2.36. The first-order chi connectivity index (χ1) is 13.1. The number of aryl methyl sites for hydroxylation is 1. The number of amides is 1. The quantitative estimate of drug-likeness (QED) is 0.732. The zero-order valence-corrected chi connectivity index (χ0v) is 16.1.